The molecule has 9 heteroatoms. The highest BCUT2D eigenvalue weighted by Gasteiger charge is 2.25. The topological polar surface area (TPSA) is 66.5 Å². The molecule has 1 fully saturated rings. The minimum atomic E-state index is -4.46. The number of para-hydroxylation sites is 1. The summed E-state index contributed by atoms with van der Waals surface area (Å²) in [7, 11) is 0.583. The molecule has 6 nitrogen and oxygen atoms in total. The number of benzene rings is 1. The van der Waals surface area contributed by atoms with Crippen LogP contribution in [0.3, 0.4) is 0 Å². The Labute approximate surface area is 188 Å². The SMILES string of the molecule is CC.COC(F)(F)F.O=C(Nc1ccccc1)NC1CCN(CCc2ccccn2)CC1. The molecule has 1 aromatic carbocycles. The third kappa shape index (κ3) is 12.3. The molecule has 0 radical (unpaired) electrons. The molecule has 0 unspecified atom stereocenters. The number of alkyl halides is 3. The number of carbonyl (C=O) groups excluding carboxylic acids is 1. The van der Waals surface area contributed by atoms with E-state index in [2.05, 4.69) is 31.3 Å². The maximum absolute atomic E-state index is 12.0. The van der Waals surface area contributed by atoms with E-state index in [1.54, 1.807) is 0 Å². The van der Waals surface area contributed by atoms with Crippen LogP contribution in [0.1, 0.15) is 32.4 Å². The van der Waals surface area contributed by atoms with E-state index in [1.165, 1.54) is 0 Å². The Balaban J connectivity index is 0.000000556. The van der Waals surface area contributed by atoms with Crippen molar-refractivity contribution in [1.82, 2.24) is 15.2 Å². The number of hydrogen-bond donors (Lipinski definition) is 2. The number of aromatic nitrogens is 1. The van der Waals surface area contributed by atoms with Crippen molar-refractivity contribution in [1.29, 1.82) is 0 Å². The lowest BCUT2D eigenvalue weighted by molar-refractivity contribution is -0.311. The highest BCUT2D eigenvalue weighted by Crippen LogP contribution is 2.13. The van der Waals surface area contributed by atoms with E-state index >= 15 is 0 Å². The number of halogens is 3. The molecule has 2 N–H and O–H groups in total. The first-order valence-corrected chi connectivity index (χ1v) is 10.7. The van der Waals surface area contributed by atoms with Crippen molar-refractivity contribution in [2.45, 2.75) is 45.5 Å². The molecule has 0 aliphatic carbocycles. The second-order valence-corrected chi connectivity index (χ2v) is 6.80. The molecule has 2 amide bonds. The van der Waals surface area contributed by atoms with Crippen molar-refractivity contribution in [3.05, 3.63) is 60.4 Å². The molecule has 1 aromatic heterocycles. The van der Waals surface area contributed by atoms with Crippen LogP contribution in [0.2, 0.25) is 0 Å². The number of likely N-dealkylation sites (tertiary alicyclic amines) is 1. The number of rotatable bonds is 5. The average Bonchev–Trinajstić information content (AvgIpc) is 2.81. The first-order chi connectivity index (χ1) is 15.4. The molecule has 2 aromatic rings. The summed E-state index contributed by atoms with van der Waals surface area (Å²) in [6.45, 7) is 7.06. The number of methoxy groups -OCH3 is 1. The Morgan fingerprint density at radius 2 is 1.69 bits per heavy atom. The van der Waals surface area contributed by atoms with Crippen molar-refractivity contribution >= 4 is 11.7 Å². The van der Waals surface area contributed by atoms with Crippen molar-refractivity contribution in [3.63, 3.8) is 0 Å². The summed E-state index contributed by atoms with van der Waals surface area (Å²) < 4.78 is 34.6. The van der Waals surface area contributed by atoms with Gasteiger partial charge < -0.3 is 15.5 Å². The molecule has 0 saturated carbocycles. The molecule has 3 rings (SSSR count). The van der Waals surface area contributed by atoms with Gasteiger partial charge in [0.15, 0.2) is 0 Å². The van der Waals surface area contributed by atoms with E-state index in [9.17, 15) is 18.0 Å². The fraction of sp³-hybridized carbons (Fsp3) is 0.478. The van der Waals surface area contributed by atoms with Crippen LogP contribution in [0, 0.1) is 0 Å². The fourth-order valence-electron chi connectivity index (χ4n) is 2.99. The lowest BCUT2D eigenvalue weighted by Gasteiger charge is -2.32. The average molecular weight is 455 g/mol. The van der Waals surface area contributed by atoms with E-state index in [0.29, 0.717) is 7.11 Å². The van der Waals surface area contributed by atoms with Gasteiger partial charge in [0.1, 0.15) is 0 Å². The number of anilines is 1. The second kappa shape index (κ2) is 15.2. The van der Waals surface area contributed by atoms with E-state index in [1.807, 2.05) is 62.5 Å². The Morgan fingerprint density at radius 3 is 2.22 bits per heavy atom. The van der Waals surface area contributed by atoms with Gasteiger partial charge in [-0.3, -0.25) is 9.72 Å². The number of urea groups is 1. The Hall–Kier alpha value is -2.65. The molecular formula is C23H33F3N4O2. The van der Waals surface area contributed by atoms with Gasteiger partial charge in [-0.05, 0) is 37.1 Å². The summed E-state index contributed by atoms with van der Waals surface area (Å²) in [5, 5.41) is 5.95. The third-order valence-electron chi connectivity index (χ3n) is 4.60. The van der Waals surface area contributed by atoms with Crippen molar-refractivity contribution < 1.29 is 22.7 Å². The lowest BCUT2D eigenvalue weighted by Crippen LogP contribution is -2.46. The van der Waals surface area contributed by atoms with Gasteiger partial charge in [0.05, 0.1) is 0 Å². The predicted molar refractivity (Wildman–Crippen MR) is 120 cm³/mol. The Bertz CT molecular complexity index is 738. The maximum Gasteiger partial charge on any atom is 0.522 e. The zero-order valence-corrected chi connectivity index (χ0v) is 18.9. The van der Waals surface area contributed by atoms with Crippen LogP contribution in [-0.2, 0) is 11.2 Å². The maximum atomic E-state index is 12.0. The highest BCUT2D eigenvalue weighted by atomic mass is 19.4. The van der Waals surface area contributed by atoms with Crippen LogP contribution in [0.4, 0.5) is 23.7 Å². The first kappa shape index (κ1) is 27.4. The van der Waals surface area contributed by atoms with Crippen LogP contribution in [0.5, 0.6) is 0 Å². The zero-order chi connectivity index (χ0) is 23.8. The van der Waals surface area contributed by atoms with Crippen LogP contribution < -0.4 is 10.6 Å². The molecule has 178 valence electrons. The second-order valence-electron chi connectivity index (χ2n) is 6.80. The van der Waals surface area contributed by atoms with Crippen LogP contribution in [0.15, 0.2) is 54.7 Å². The lowest BCUT2D eigenvalue weighted by atomic mass is 10.0. The molecule has 0 atom stereocenters. The largest absolute Gasteiger partial charge is 0.522 e. The Kier molecular flexibility index (Phi) is 13.0. The van der Waals surface area contributed by atoms with E-state index < -0.39 is 6.36 Å². The summed E-state index contributed by atoms with van der Waals surface area (Å²) in [5.41, 5.74) is 1.96. The molecule has 0 bridgehead atoms. The Morgan fingerprint density at radius 1 is 1.09 bits per heavy atom. The van der Waals surface area contributed by atoms with Gasteiger partial charge in [-0.25, -0.2) is 4.79 Å². The molecule has 32 heavy (non-hydrogen) atoms. The number of hydrogen-bond acceptors (Lipinski definition) is 4. The third-order valence-corrected chi connectivity index (χ3v) is 4.60. The summed E-state index contributed by atoms with van der Waals surface area (Å²) in [6, 6.07) is 15.7. The van der Waals surface area contributed by atoms with Gasteiger partial charge >= 0.3 is 12.4 Å². The summed E-state index contributed by atoms with van der Waals surface area (Å²) in [5.74, 6) is 0. The number of nitrogens with zero attached hydrogens (tertiary/aromatic N) is 2. The standard InChI is InChI=1S/C19H24N4O.C2H3F3O.C2H6/c24-19(21-17-7-2-1-3-8-17)22-18-10-14-23(15-11-18)13-9-16-6-4-5-12-20-16;1-6-2(3,4)5;1-2/h1-8,12,18H,9-11,13-15H2,(H2,21,22,24);1H3;1-2H3. The summed E-state index contributed by atoms with van der Waals surface area (Å²) in [6.07, 6.45) is 0.346. The van der Waals surface area contributed by atoms with E-state index in [-0.39, 0.29) is 12.1 Å². The van der Waals surface area contributed by atoms with Crippen molar-refractivity contribution in [2.24, 2.45) is 0 Å². The number of pyridine rings is 1. The number of nitrogens with one attached hydrogen (secondary N) is 2. The highest BCUT2D eigenvalue weighted by molar-refractivity contribution is 5.89. The van der Waals surface area contributed by atoms with Crippen LogP contribution in [0.25, 0.3) is 0 Å². The predicted octanol–water partition coefficient (Wildman–Crippen LogP) is 5.09. The first-order valence-electron chi connectivity index (χ1n) is 10.7. The van der Waals surface area contributed by atoms with Crippen LogP contribution in [-0.4, -0.2) is 55.1 Å². The minimum absolute atomic E-state index is 0.117. The molecule has 0 spiro atoms. The quantitative estimate of drug-likeness (QED) is 0.661. The summed E-state index contributed by atoms with van der Waals surface area (Å²) >= 11 is 0. The van der Waals surface area contributed by atoms with Crippen molar-refractivity contribution in [2.75, 3.05) is 32.1 Å². The van der Waals surface area contributed by atoms with Gasteiger partial charge in [-0.2, -0.15) is 0 Å². The minimum Gasteiger partial charge on any atom is -0.335 e. The smallest absolute Gasteiger partial charge is 0.335 e. The molecule has 1 aliphatic heterocycles. The number of piperidine rings is 1. The van der Waals surface area contributed by atoms with Gasteiger partial charge in [0, 0.05) is 56.8 Å². The molecular weight excluding hydrogens is 421 g/mol. The van der Waals surface area contributed by atoms with Gasteiger partial charge in [0.2, 0.25) is 0 Å². The van der Waals surface area contributed by atoms with E-state index in [0.717, 1.165) is 50.3 Å². The van der Waals surface area contributed by atoms with E-state index in [4.69, 9.17) is 0 Å². The number of amides is 2. The molecule has 1 aliphatic rings. The number of ether oxygens (including phenoxy) is 1. The monoisotopic (exact) mass is 454 g/mol. The van der Waals surface area contributed by atoms with Crippen LogP contribution >= 0.6 is 0 Å². The number of carbonyl (C=O) groups is 1. The van der Waals surface area contributed by atoms with Gasteiger partial charge in [0.25, 0.3) is 0 Å². The fourth-order valence-corrected chi connectivity index (χ4v) is 2.99. The zero-order valence-electron chi connectivity index (χ0n) is 18.9. The van der Waals surface area contributed by atoms with Crippen molar-refractivity contribution in [3.8, 4) is 0 Å². The van der Waals surface area contributed by atoms with Gasteiger partial charge in [-0.1, -0.05) is 38.1 Å². The molecule has 1 saturated heterocycles. The summed E-state index contributed by atoms with van der Waals surface area (Å²) in [4.78, 5) is 18.8. The van der Waals surface area contributed by atoms with Gasteiger partial charge in [-0.15, -0.1) is 13.2 Å². The normalized spacial score (nSPS) is 14.3. The molecule has 2 heterocycles.